The summed E-state index contributed by atoms with van der Waals surface area (Å²) in [6, 6.07) is 6.29. The normalized spacial score (nSPS) is 10.5. The van der Waals surface area contributed by atoms with E-state index in [0.29, 0.717) is 0 Å². The van der Waals surface area contributed by atoms with Crippen molar-refractivity contribution in [3.63, 3.8) is 0 Å². The Morgan fingerprint density at radius 3 is 2.92 bits per heavy atom. The van der Waals surface area contributed by atoms with E-state index in [1.807, 2.05) is 0 Å². The van der Waals surface area contributed by atoms with Gasteiger partial charge in [-0.3, -0.25) is 0 Å². The summed E-state index contributed by atoms with van der Waals surface area (Å²) in [5.74, 6) is 0.947. The van der Waals surface area contributed by atoms with Crippen molar-refractivity contribution in [2.75, 3.05) is 7.11 Å². The largest absolute Gasteiger partial charge is 0.497 e. The van der Waals surface area contributed by atoms with E-state index in [1.54, 1.807) is 18.4 Å². The molecule has 0 atom stereocenters. The maximum absolute atomic E-state index is 5.18. The molecule has 0 saturated carbocycles. The Balaban J connectivity index is 2.75. The van der Waals surface area contributed by atoms with Gasteiger partial charge in [-0.25, -0.2) is 0 Å². The summed E-state index contributed by atoms with van der Waals surface area (Å²) in [6.45, 7) is 2.11. The van der Waals surface area contributed by atoms with Crippen LogP contribution in [0.2, 0.25) is 0 Å². The highest BCUT2D eigenvalue weighted by atomic mass is 32.1. The third kappa shape index (κ3) is 1.08. The molecule has 0 N–H and O–H groups in total. The summed E-state index contributed by atoms with van der Waals surface area (Å²) < 4.78 is 6.48. The van der Waals surface area contributed by atoms with Crippen LogP contribution in [0.25, 0.3) is 10.1 Å². The molecule has 0 amide bonds. The molecule has 0 spiro atoms. The number of hydrogen-bond acceptors (Lipinski definition) is 2. The minimum absolute atomic E-state index is 0.947. The van der Waals surface area contributed by atoms with Gasteiger partial charge in [-0.15, -0.1) is 11.3 Å². The van der Waals surface area contributed by atoms with Crippen molar-refractivity contribution >= 4 is 21.4 Å². The van der Waals surface area contributed by atoms with Gasteiger partial charge < -0.3 is 4.74 Å². The molecule has 2 aromatic rings. The summed E-state index contributed by atoms with van der Waals surface area (Å²) >= 11 is 1.75. The van der Waals surface area contributed by atoms with Crippen LogP contribution in [-0.4, -0.2) is 7.11 Å². The Morgan fingerprint density at radius 2 is 2.17 bits per heavy atom. The van der Waals surface area contributed by atoms with Gasteiger partial charge in [0.25, 0.3) is 0 Å². The monoisotopic (exact) mass is 178 g/mol. The van der Waals surface area contributed by atoms with E-state index in [4.69, 9.17) is 4.74 Å². The average molecular weight is 178 g/mol. The first-order chi connectivity index (χ1) is 5.81. The van der Waals surface area contributed by atoms with Crippen LogP contribution in [-0.2, 0) is 0 Å². The lowest BCUT2D eigenvalue weighted by atomic mass is 10.1. The van der Waals surface area contributed by atoms with Crippen LogP contribution in [0.5, 0.6) is 5.75 Å². The molecule has 0 unspecified atom stereocenters. The molecule has 12 heavy (non-hydrogen) atoms. The first kappa shape index (κ1) is 7.62. The number of fused-ring (bicyclic) bond motifs is 1. The van der Waals surface area contributed by atoms with Gasteiger partial charge in [0.1, 0.15) is 5.75 Å². The number of ether oxygens (including phenoxy) is 1. The number of rotatable bonds is 1. The molecule has 1 heterocycles. The zero-order valence-electron chi connectivity index (χ0n) is 7.13. The number of hydrogen-bond donors (Lipinski definition) is 0. The van der Waals surface area contributed by atoms with Crippen molar-refractivity contribution in [2.24, 2.45) is 0 Å². The van der Waals surface area contributed by atoms with E-state index in [1.165, 1.54) is 15.6 Å². The summed E-state index contributed by atoms with van der Waals surface area (Å²) in [7, 11) is 1.70. The highest BCUT2D eigenvalue weighted by molar-refractivity contribution is 7.17. The zero-order valence-corrected chi connectivity index (χ0v) is 7.94. The van der Waals surface area contributed by atoms with E-state index >= 15 is 0 Å². The molecule has 0 bridgehead atoms. The maximum atomic E-state index is 5.18. The molecule has 0 aliphatic heterocycles. The highest BCUT2D eigenvalue weighted by Gasteiger charge is 2.00. The van der Waals surface area contributed by atoms with Gasteiger partial charge in [-0.05, 0) is 41.5 Å². The SMILES string of the molecule is COc1cc(C)c2ccsc2c1. The van der Waals surface area contributed by atoms with Crippen molar-refractivity contribution in [3.8, 4) is 5.75 Å². The average Bonchev–Trinajstić information content (AvgIpc) is 2.52. The lowest BCUT2D eigenvalue weighted by Crippen LogP contribution is -1.82. The van der Waals surface area contributed by atoms with Crippen molar-refractivity contribution < 1.29 is 4.74 Å². The quantitative estimate of drug-likeness (QED) is 0.651. The van der Waals surface area contributed by atoms with E-state index in [-0.39, 0.29) is 0 Å². The Labute approximate surface area is 75.6 Å². The fraction of sp³-hybridized carbons (Fsp3) is 0.200. The Kier molecular flexibility index (Phi) is 1.77. The zero-order chi connectivity index (χ0) is 8.55. The van der Waals surface area contributed by atoms with Crippen molar-refractivity contribution in [1.29, 1.82) is 0 Å². The van der Waals surface area contributed by atoms with Gasteiger partial charge in [0.2, 0.25) is 0 Å². The van der Waals surface area contributed by atoms with Gasteiger partial charge in [0.15, 0.2) is 0 Å². The molecular weight excluding hydrogens is 168 g/mol. The predicted molar refractivity (Wildman–Crippen MR) is 53.1 cm³/mol. The minimum atomic E-state index is 0.947. The van der Waals surface area contributed by atoms with Crippen molar-refractivity contribution in [2.45, 2.75) is 6.92 Å². The van der Waals surface area contributed by atoms with Gasteiger partial charge in [0.05, 0.1) is 7.11 Å². The summed E-state index contributed by atoms with van der Waals surface area (Å²) in [5, 5.41) is 3.44. The smallest absolute Gasteiger partial charge is 0.120 e. The molecule has 0 fully saturated rings. The van der Waals surface area contributed by atoms with E-state index in [2.05, 4.69) is 30.5 Å². The molecule has 2 heteroatoms. The summed E-state index contributed by atoms with van der Waals surface area (Å²) in [4.78, 5) is 0. The Bertz CT molecular complexity index is 403. The third-order valence-electron chi connectivity index (χ3n) is 1.99. The van der Waals surface area contributed by atoms with Crippen molar-refractivity contribution in [1.82, 2.24) is 0 Å². The molecule has 2 rings (SSSR count). The number of benzene rings is 1. The molecule has 1 nitrogen and oxygen atoms in total. The topological polar surface area (TPSA) is 9.23 Å². The van der Waals surface area contributed by atoms with Crippen LogP contribution >= 0.6 is 11.3 Å². The van der Waals surface area contributed by atoms with Crippen LogP contribution in [0.3, 0.4) is 0 Å². The maximum Gasteiger partial charge on any atom is 0.120 e. The van der Waals surface area contributed by atoms with Crippen LogP contribution in [0.15, 0.2) is 23.6 Å². The first-order valence-electron chi connectivity index (χ1n) is 3.83. The Morgan fingerprint density at radius 1 is 1.33 bits per heavy atom. The van der Waals surface area contributed by atoms with Crippen molar-refractivity contribution in [3.05, 3.63) is 29.1 Å². The molecule has 0 aliphatic carbocycles. The number of aryl methyl sites for hydroxylation is 1. The van der Waals surface area contributed by atoms with Crippen LogP contribution in [0, 0.1) is 6.92 Å². The third-order valence-corrected chi connectivity index (χ3v) is 2.85. The number of methoxy groups -OCH3 is 1. The second-order valence-electron chi connectivity index (χ2n) is 2.78. The minimum Gasteiger partial charge on any atom is -0.497 e. The van der Waals surface area contributed by atoms with E-state index < -0.39 is 0 Å². The molecular formula is C10H10OS. The lowest BCUT2D eigenvalue weighted by Gasteiger charge is -2.01. The van der Waals surface area contributed by atoms with Crippen LogP contribution in [0.1, 0.15) is 5.56 Å². The molecule has 1 aromatic heterocycles. The number of thiophene rings is 1. The highest BCUT2D eigenvalue weighted by Crippen LogP contribution is 2.28. The van der Waals surface area contributed by atoms with Gasteiger partial charge in [-0.2, -0.15) is 0 Å². The van der Waals surface area contributed by atoms with Gasteiger partial charge >= 0.3 is 0 Å². The van der Waals surface area contributed by atoms with Crippen LogP contribution in [0.4, 0.5) is 0 Å². The van der Waals surface area contributed by atoms with Crippen LogP contribution < -0.4 is 4.74 Å². The molecule has 0 saturated heterocycles. The standard InChI is InChI=1S/C10H10OS/c1-7-5-8(11-2)6-10-9(7)3-4-12-10/h3-6H,1-2H3. The molecule has 0 radical (unpaired) electrons. The fourth-order valence-corrected chi connectivity index (χ4v) is 2.23. The van der Waals surface area contributed by atoms with Gasteiger partial charge in [-0.1, -0.05) is 0 Å². The molecule has 1 aromatic carbocycles. The first-order valence-corrected chi connectivity index (χ1v) is 4.71. The molecule has 62 valence electrons. The second kappa shape index (κ2) is 2.79. The summed E-state index contributed by atoms with van der Waals surface area (Å²) in [6.07, 6.45) is 0. The fourth-order valence-electron chi connectivity index (χ4n) is 1.34. The summed E-state index contributed by atoms with van der Waals surface area (Å²) in [5.41, 5.74) is 1.28. The predicted octanol–water partition coefficient (Wildman–Crippen LogP) is 3.22. The second-order valence-corrected chi connectivity index (χ2v) is 3.72. The Hall–Kier alpha value is -1.02. The van der Waals surface area contributed by atoms with Gasteiger partial charge in [0, 0.05) is 4.70 Å². The molecule has 0 aliphatic rings. The lowest BCUT2D eigenvalue weighted by molar-refractivity contribution is 0.415. The van der Waals surface area contributed by atoms with E-state index in [0.717, 1.165) is 5.75 Å². The van der Waals surface area contributed by atoms with E-state index in [9.17, 15) is 0 Å².